The van der Waals surface area contributed by atoms with Gasteiger partial charge >= 0.3 is 0 Å². The van der Waals surface area contributed by atoms with E-state index in [0.717, 1.165) is 24.6 Å². The fourth-order valence-electron chi connectivity index (χ4n) is 3.65. The van der Waals surface area contributed by atoms with Gasteiger partial charge in [0.1, 0.15) is 0 Å². The van der Waals surface area contributed by atoms with E-state index in [1.165, 1.54) is 51.6 Å². The Bertz CT molecular complexity index is 589. The molecule has 1 aromatic heterocycles. The van der Waals surface area contributed by atoms with Crippen LogP contribution < -0.4 is 0 Å². The van der Waals surface area contributed by atoms with Crippen LogP contribution in [0.2, 0.25) is 0 Å². The summed E-state index contributed by atoms with van der Waals surface area (Å²) in [5.74, 6) is 0.717. The Morgan fingerprint density at radius 1 is 1.08 bits per heavy atom. The first-order chi connectivity index (χ1) is 11.9. The molecule has 1 aliphatic carbocycles. The zero-order chi connectivity index (χ0) is 16.6. The third-order valence-electron chi connectivity index (χ3n) is 5.04. The van der Waals surface area contributed by atoms with E-state index in [2.05, 4.69) is 27.2 Å². The Balaban J connectivity index is 1.37. The van der Waals surface area contributed by atoms with Crippen LogP contribution in [0.1, 0.15) is 51.9 Å². The lowest BCUT2D eigenvalue weighted by Crippen LogP contribution is -2.33. The molecular weight excluding hydrogens is 298 g/mol. The maximum Gasteiger partial charge on any atom is 0.204 e. The maximum absolute atomic E-state index is 4.48. The summed E-state index contributed by atoms with van der Waals surface area (Å²) in [5, 5.41) is 12.8. The zero-order valence-corrected chi connectivity index (χ0v) is 14.8. The van der Waals surface area contributed by atoms with Gasteiger partial charge in [0.05, 0.1) is 6.54 Å². The zero-order valence-electron chi connectivity index (χ0n) is 14.8. The molecule has 2 aromatic rings. The summed E-state index contributed by atoms with van der Waals surface area (Å²) in [7, 11) is 0. The van der Waals surface area contributed by atoms with E-state index in [9.17, 15) is 0 Å². The van der Waals surface area contributed by atoms with E-state index in [-0.39, 0.29) is 0 Å². The van der Waals surface area contributed by atoms with Gasteiger partial charge in [-0.3, -0.25) is 0 Å². The molecule has 5 heteroatoms. The van der Waals surface area contributed by atoms with Gasteiger partial charge in [-0.15, -0.1) is 10.2 Å². The number of benzene rings is 1. The Morgan fingerprint density at radius 2 is 1.88 bits per heavy atom. The van der Waals surface area contributed by atoms with Crippen molar-refractivity contribution in [1.29, 1.82) is 0 Å². The molecule has 1 saturated carbocycles. The molecule has 1 fully saturated rings. The van der Waals surface area contributed by atoms with Crippen LogP contribution in [0.3, 0.4) is 0 Å². The summed E-state index contributed by atoms with van der Waals surface area (Å²) in [6.45, 7) is 5.58. The number of hydrogen-bond donors (Lipinski definition) is 0. The van der Waals surface area contributed by atoms with Crippen molar-refractivity contribution in [1.82, 2.24) is 25.1 Å². The van der Waals surface area contributed by atoms with Crippen LogP contribution in [0.4, 0.5) is 0 Å². The number of hydrogen-bond acceptors (Lipinski definition) is 4. The number of tetrazole rings is 1. The minimum absolute atomic E-state index is 0.717. The van der Waals surface area contributed by atoms with E-state index in [4.69, 9.17) is 0 Å². The summed E-state index contributed by atoms with van der Waals surface area (Å²) >= 11 is 0. The van der Waals surface area contributed by atoms with Gasteiger partial charge in [0.25, 0.3) is 0 Å². The second-order valence-electron chi connectivity index (χ2n) is 6.70. The van der Waals surface area contributed by atoms with Crippen molar-refractivity contribution in [3.63, 3.8) is 0 Å². The smallest absolute Gasteiger partial charge is 0.204 e. The summed E-state index contributed by atoms with van der Waals surface area (Å²) < 4.78 is 0. The third kappa shape index (κ3) is 4.63. The van der Waals surface area contributed by atoms with Crippen LogP contribution in [0, 0.1) is 0 Å². The Morgan fingerprint density at radius 3 is 2.62 bits per heavy atom. The molecule has 0 amide bonds. The van der Waals surface area contributed by atoms with Gasteiger partial charge in [-0.05, 0) is 44.0 Å². The van der Waals surface area contributed by atoms with Crippen LogP contribution in [0.25, 0.3) is 11.4 Å². The fraction of sp³-hybridized carbons (Fsp3) is 0.632. The summed E-state index contributed by atoms with van der Waals surface area (Å²) in [4.78, 5) is 4.41. The van der Waals surface area contributed by atoms with Gasteiger partial charge in [0, 0.05) is 11.6 Å². The maximum atomic E-state index is 4.48. The third-order valence-corrected chi connectivity index (χ3v) is 5.04. The molecule has 1 aliphatic rings. The second kappa shape index (κ2) is 8.92. The van der Waals surface area contributed by atoms with Crippen LogP contribution in [0.5, 0.6) is 0 Å². The first-order valence-corrected chi connectivity index (χ1v) is 9.44. The molecule has 0 unspecified atom stereocenters. The number of aryl methyl sites for hydroxylation is 1. The van der Waals surface area contributed by atoms with Crippen LogP contribution in [-0.4, -0.2) is 44.2 Å². The number of aromatic nitrogens is 4. The van der Waals surface area contributed by atoms with E-state index in [1.54, 1.807) is 4.80 Å². The summed E-state index contributed by atoms with van der Waals surface area (Å²) in [6.07, 6.45) is 9.26. The van der Waals surface area contributed by atoms with E-state index < -0.39 is 0 Å². The molecule has 0 spiro atoms. The molecule has 1 heterocycles. The number of unbranched alkanes of at least 4 members (excludes halogenated alkanes) is 2. The number of rotatable bonds is 9. The van der Waals surface area contributed by atoms with Gasteiger partial charge in [-0.25, -0.2) is 0 Å². The molecular formula is C19H29N5. The first-order valence-electron chi connectivity index (χ1n) is 9.44. The van der Waals surface area contributed by atoms with Gasteiger partial charge in [-0.1, -0.05) is 56.5 Å². The molecule has 1 aromatic carbocycles. The number of nitrogens with zero attached hydrogens (tertiary/aromatic N) is 5. The van der Waals surface area contributed by atoms with Crippen molar-refractivity contribution >= 4 is 0 Å². The van der Waals surface area contributed by atoms with Crippen molar-refractivity contribution in [2.75, 3.05) is 13.1 Å². The van der Waals surface area contributed by atoms with Crippen LogP contribution in [0.15, 0.2) is 30.3 Å². The lowest BCUT2D eigenvalue weighted by atomic mass is 10.1. The van der Waals surface area contributed by atoms with E-state index in [0.29, 0.717) is 5.82 Å². The van der Waals surface area contributed by atoms with E-state index in [1.807, 2.05) is 30.3 Å². The molecule has 24 heavy (non-hydrogen) atoms. The standard InChI is InChI=1S/C19H29N5/c1-2-23(18-13-7-8-14-18)15-9-4-10-16-24-21-19(20-22-24)17-11-5-3-6-12-17/h3,5-6,11-12,18H,2,4,7-10,13-16H2,1H3. The normalized spacial score (nSPS) is 15.4. The fourth-order valence-corrected chi connectivity index (χ4v) is 3.65. The first kappa shape index (κ1) is 17.1. The van der Waals surface area contributed by atoms with Crippen molar-refractivity contribution in [3.8, 4) is 11.4 Å². The predicted molar refractivity (Wildman–Crippen MR) is 96.6 cm³/mol. The molecule has 0 saturated heterocycles. The molecule has 5 nitrogen and oxygen atoms in total. The van der Waals surface area contributed by atoms with Gasteiger partial charge in [0.2, 0.25) is 5.82 Å². The highest BCUT2D eigenvalue weighted by Crippen LogP contribution is 2.23. The molecule has 0 bridgehead atoms. The Kier molecular flexibility index (Phi) is 6.35. The van der Waals surface area contributed by atoms with Crippen molar-refractivity contribution < 1.29 is 0 Å². The Labute approximate surface area is 145 Å². The topological polar surface area (TPSA) is 46.8 Å². The van der Waals surface area contributed by atoms with Gasteiger partial charge < -0.3 is 4.90 Å². The van der Waals surface area contributed by atoms with E-state index >= 15 is 0 Å². The molecule has 130 valence electrons. The summed E-state index contributed by atoms with van der Waals surface area (Å²) in [5.41, 5.74) is 1.03. The lowest BCUT2D eigenvalue weighted by Gasteiger charge is -2.27. The van der Waals surface area contributed by atoms with Crippen molar-refractivity contribution in [2.45, 2.75) is 64.5 Å². The van der Waals surface area contributed by atoms with Crippen LogP contribution in [-0.2, 0) is 6.54 Å². The lowest BCUT2D eigenvalue weighted by molar-refractivity contribution is 0.204. The van der Waals surface area contributed by atoms with Gasteiger partial charge in [-0.2, -0.15) is 4.80 Å². The highest BCUT2D eigenvalue weighted by atomic mass is 15.6. The molecule has 0 N–H and O–H groups in total. The summed E-state index contributed by atoms with van der Waals surface area (Å²) in [6, 6.07) is 10.9. The average Bonchev–Trinajstić information content (AvgIpc) is 3.31. The second-order valence-corrected chi connectivity index (χ2v) is 6.70. The molecule has 0 radical (unpaired) electrons. The van der Waals surface area contributed by atoms with Gasteiger partial charge in [0.15, 0.2) is 0 Å². The quantitative estimate of drug-likeness (QED) is 0.658. The highest BCUT2D eigenvalue weighted by molar-refractivity contribution is 5.52. The monoisotopic (exact) mass is 327 g/mol. The van der Waals surface area contributed by atoms with Crippen molar-refractivity contribution in [3.05, 3.63) is 30.3 Å². The predicted octanol–water partition coefficient (Wildman–Crippen LogP) is 3.77. The molecule has 0 atom stereocenters. The minimum Gasteiger partial charge on any atom is -0.301 e. The molecule has 0 aliphatic heterocycles. The Hall–Kier alpha value is -1.75. The average molecular weight is 327 g/mol. The highest BCUT2D eigenvalue weighted by Gasteiger charge is 2.20. The minimum atomic E-state index is 0.717. The van der Waals surface area contributed by atoms with Crippen molar-refractivity contribution in [2.24, 2.45) is 0 Å². The largest absolute Gasteiger partial charge is 0.301 e. The SMILES string of the molecule is CCN(CCCCCn1nnc(-c2ccccc2)n1)C1CCCC1. The van der Waals surface area contributed by atoms with Crippen LogP contribution >= 0.6 is 0 Å². The molecule has 3 rings (SSSR count).